The summed E-state index contributed by atoms with van der Waals surface area (Å²) in [7, 11) is 1.99. The Kier molecular flexibility index (Phi) is 4.44. The lowest BCUT2D eigenvalue weighted by Gasteiger charge is -2.33. The van der Waals surface area contributed by atoms with Gasteiger partial charge >= 0.3 is 0 Å². The fraction of sp³-hybridized carbons (Fsp3) is 0.818. The van der Waals surface area contributed by atoms with E-state index in [1.165, 1.54) is 0 Å². The Morgan fingerprint density at radius 1 is 1.50 bits per heavy atom. The van der Waals surface area contributed by atoms with E-state index in [1.54, 1.807) is 6.33 Å². The molecule has 92 valence electrons. The number of rotatable bonds is 6. The Morgan fingerprint density at radius 2 is 2.19 bits per heavy atom. The summed E-state index contributed by atoms with van der Waals surface area (Å²) in [6, 6.07) is 0. The Bertz CT molecular complexity index is 322. The van der Waals surface area contributed by atoms with Crippen LogP contribution in [-0.2, 0) is 13.1 Å². The van der Waals surface area contributed by atoms with Crippen molar-refractivity contribution in [3.8, 4) is 0 Å². The normalized spacial score (nSPS) is 12.4. The zero-order valence-corrected chi connectivity index (χ0v) is 10.6. The molecule has 0 saturated carbocycles. The summed E-state index contributed by atoms with van der Waals surface area (Å²) in [6.45, 7) is 7.86. The quantitative estimate of drug-likeness (QED) is 0.782. The molecular weight excluding hydrogens is 204 g/mol. The Balaban J connectivity index is 2.69. The SMILES string of the molecule is CCCn1ncnc1CN(C)C(C)(C)CO. The second-order valence-electron chi connectivity index (χ2n) is 4.73. The highest BCUT2D eigenvalue weighted by Crippen LogP contribution is 2.13. The summed E-state index contributed by atoms with van der Waals surface area (Å²) < 4.78 is 1.92. The highest BCUT2D eigenvalue weighted by Gasteiger charge is 2.23. The van der Waals surface area contributed by atoms with Gasteiger partial charge in [-0.25, -0.2) is 9.67 Å². The molecule has 1 heterocycles. The number of aryl methyl sites for hydroxylation is 1. The van der Waals surface area contributed by atoms with Crippen molar-refractivity contribution in [3.63, 3.8) is 0 Å². The third kappa shape index (κ3) is 3.02. The summed E-state index contributed by atoms with van der Waals surface area (Å²) in [5.41, 5.74) is -0.233. The predicted molar refractivity (Wildman–Crippen MR) is 62.9 cm³/mol. The molecule has 0 unspecified atom stereocenters. The largest absolute Gasteiger partial charge is 0.394 e. The first-order valence-corrected chi connectivity index (χ1v) is 5.70. The van der Waals surface area contributed by atoms with Crippen molar-refractivity contribution in [2.24, 2.45) is 0 Å². The lowest BCUT2D eigenvalue weighted by atomic mass is 10.1. The molecule has 0 fully saturated rings. The van der Waals surface area contributed by atoms with Crippen LogP contribution in [0.15, 0.2) is 6.33 Å². The van der Waals surface area contributed by atoms with E-state index in [4.69, 9.17) is 0 Å². The van der Waals surface area contributed by atoms with E-state index in [2.05, 4.69) is 21.9 Å². The fourth-order valence-corrected chi connectivity index (χ4v) is 1.36. The number of likely N-dealkylation sites (N-methyl/N-ethyl adjacent to an activating group) is 1. The standard InChI is InChI=1S/C11H22N4O/c1-5-6-15-10(12-9-13-15)7-14(4)11(2,3)8-16/h9,16H,5-8H2,1-4H3. The van der Waals surface area contributed by atoms with E-state index in [9.17, 15) is 5.11 Å². The molecule has 5 heteroatoms. The Labute approximate surface area is 97.1 Å². The van der Waals surface area contributed by atoms with E-state index in [1.807, 2.05) is 25.6 Å². The van der Waals surface area contributed by atoms with Gasteiger partial charge in [0.05, 0.1) is 13.2 Å². The molecule has 16 heavy (non-hydrogen) atoms. The molecule has 0 aromatic carbocycles. The number of hydrogen-bond donors (Lipinski definition) is 1. The average molecular weight is 226 g/mol. The molecule has 1 aromatic rings. The summed E-state index contributed by atoms with van der Waals surface area (Å²) >= 11 is 0. The number of aliphatic hydroxyl groups excluding tert-OH is 1. The molecule has 0 amide bonds. The van der Waals surface area contributed by atoms with Crippen LogP contribution in [0.2, 0.25) is 0 Å². The maximum atomic E-state index is 9.28. The number of hydrogen-bond acceptors (Lipinski definition) is 4. The van der Waals surface area contributed by atoms with Crippen molar-refractivity contribution in [2.45, 2.75) is 45.8 Å². The van der Waals surface area contributed by atoms with Crippen LogP contribution in [0.4, 0.5) is 0 Å². The van der Waals surface area contributed by atoms with Crippen LogP contribution in [0.25, 0.3) is 0 Å². The molecule has 1 aromatic heterocycles. The summed E-state index contributed by atoms with van der Waals surface area (Å²) in [6.07, 6.45) is 2.63. The predicted octanol–water partition coefficient (Wildman–Crippen LogP) is 0.891. The topological polar surface area (TPSA) is 54.2 Å². The molecule has 0 saturated heterocycles. The molecule has 0 atom stereocenters. The maximum absolute atomic E-state index is 9.28. The molecule has 1 rings (SSSR count). The number of nitrogens with zero attached hydrogens (tertiary/aromatic N) is 4. The van der Waals surface area contributed by atoms with Crippen molar-refractivity contribution in [2.75, 3.05) is 13.7 Å². The first-order valence-electron chi connectivity index (χ1n) is 5.70. The van der Waals surface area contributed by atoms with Gasteiger partial charge in [-0.1, -0.05) is 6.92 Å². The van der Waals surface area contributed by atoms with Gasteiger partial charge < -0.3 is 5.11 Å². The van der Waals surface area contributed by atoms with Gasteiger partial charge in [0.15, 0.2) is 0 Å². The highest BCUT2D eigenvalue weighted by atomic mass is 16.3. The third-order valence-corrected chi connectivity index (χ3v) is 2.93. The lowest BCUT2D eigenvalue weighted by Crippen LogP contribution is -2.44. The van der Waals surface area contributed by atoms with Crippen LogP contribution in [0, 0.1) is 0 Å². The molecule has 0 spiro atoms. The van der Waals surface area contributed by atoms with Crippen LogP contribution in [0.1, 0.15) is 33.0 Å². The summed E-state index contributed by atoms with van der Waals surface area (Å²) in [5.74, 6) is 0.950. The monoisotopic (exact) mass is 226 g/mol. The smallest absolute Gasteiger partial charge is 0.141 e. The molecule has 5 nitrogen and oxygen atoms in total. The minimum atomic E-state index is -0.233. The Hall–Kier alpha value is -0.940. The van der Waals surface area contributed by atoms with Gasteiger partial charge in [-0.3, -0.25) is 4.90 Å². The van der Waals surface area contributed by atoms with Crippen LogP contribution in [0.5, 0.6) is 0 Å². The molecule has 0 bridgehead atoms. The third-order valence-electron chi connectivity index (χ3n) is 2.93. The van der Waals surface area contributed by atoms with Gasteiger partial charge in [0.25, 0.3) is 0 Å². The number of aliphatic hydroxyl groups is 1. The van der Waals surface area contributed by atoms with Crippen molar-refractivity contribution in [1.29, 1.82) is 0 Å². The first kappa shape index (κ1) is 13.1. The lowest BCUT2D eigenvalue weighted by molar-refractivity contribution is 0.0702. The van der Waals surface area contributed by atoms with E-state index >= 15 is 0 Å². The maximum Gasteiger partial charge on any atom is 0.141 e. The molecule has 0 aliphatic carbocycles. The van der Waals surface area contributed by atoms with Crippen LogP contribution >= 0.6 is 0 Å². The Morgan fingerprint density at radius 3 is 2.75 bits per heavy atom. The zero-order valence-electron chi connectivity index (χ0n) is 10.6. The van der Waals surface area contributed by atoms with E-state index in [0.717, 1.165) is 18.8 Å². The van der Waals surface area contributed by atoms with Gasteiger partial charge in [-0.15, -0.1) is 0 Å². The minimum absolute atomic E-state index is 0.130. The van der Waals surface area contributed by atoms with Crippen LogP contribution < -0.4 is 0 Å². The van der Waals surface area contributed by atoms with E-state index < -0.39 is 0 Å². The molecule has 0 radical (unpaired) electrons. The van der Waals surface area contributed by atoms with Crippen molar-refractivity contribution < 1.29 is 5.11 Å². The van der Waals surface area contributed by atoms with Gasteiger partial charge in [0.2, 0.25) is 0 Å². The highest BCUT2D eigenvalue weighted by molar-refractivity contribution is 4.88. The van der Waals surface area contributed by atoms with Crippen molar-refractivity contribution in [1.82, 2.24) is 19.7 Å². The summed E-state index contributed by atoms with van der Waals surface area (Å²) in [5, 5.41) is 13.5. The average Bonchev–Trinajstić information content (AvgIpc) is 2.66. The minimum Gasteiger partial charge on any atom is -0.394 e. The molecule has 0 aliphatic heterocycles. The van der Waals surface area contributed by atoms with Gasteiger partial charge in [0.1, 0.15) is 12.2 Å². The fourth-order valence-electron chi connectivity index (χ4n) is 1.36. The van der Waals surface area contributed by atoms with Crippen molar-refractivity contribution >= 4 is 0 Å². The van der Waals surface area contributed by atoms with E-state index in [0.29, 0.717) is 6.54 Å². The van der Waals surface area contributed by atoms with Gasteiger partial charge in [-0.05, 0) is 27.3 Å². The van der Waals surface area contributed by atoms with Crippen molar-refractivity contribution in [3.05, 3.63) is 12.2 Å². The van der Waals surface area contributed by atoms with Gasteiger partial charge in [0, 0.05) is 12.1 Å². The number of aromatic nitrogens is 3. The molecule has 0 aliphatic rings. The van der Waals surface area contributed by atoms with E-state index in [-0.39, 0.29) is 12.1 Å². The molecular formula is C11H22N4O. The first-order chi connectivity index (χ1) is 7.51. The zero-order chi connectivity index (χ0) is 12.2. The molecule has 1 N–H and O–H groups in total. The second-order valence-corrected chi connectivity index (χ2v) is 4.73. The van der Waals surface area contributed by atoms with Gasteiger partial charge in [-0.2, -0.15) is 5.10 Å². The van der Waals surface area contributed by atoms with Crippen LogP contribution in [0.3, 0.4) is 0 Å². The summed E-state index contributed by atoms with van der Waals surface area (Å²) in [4.78, 5) is 6.34. The van der Waals surface area contributed by atoms with Crippen LogP contribution in [-0.4, -0.2) is 44.0 Å². The second kappa shape index (κ2) is 5.41.